The average Bonchev–Trinajstić information content (AvgIpc) is 3.19. The van der Waals surface area contributed by atoms with E-state index in [4.69, 9.17) is 4.74 Å². The van der Waals surface area contributed by atoms with Crippen molar-refractivity contribution in [3.8, 4) is 0 Å². The molecule has 2 atom stereocenters. The zero-order chi connectivity index (χ0) is 15.7. The summed E-state index contributed by atoms with van der Waals surface area (Å²) in [6, 6.07) is 1.81. The molecular weight excluding hydrogens is 282 g/mol. The van der Waals surface area contributed by atoms with Crippen LogP contribution in [-0.2, 0) is 4.74 Å². The molecule has 2 aromatic heterocycles. The second-order valence-corrected chi connectivity index (χ2v) is 5.79. The monoisotopic (exact) mass is 303 g/mol. The predicted octanol–water partition coefficient (Wildman–Crippen LogP) is 1.39. The summed E-state index contributed by atoms with van der Waals surface area (Å²) in [5, 5.41) is 7.11. The van der Waals surface area contributed by atoms with E-state index in [1.54, 1.807) is 24.2 Å². The number of aryl methyl sites for hydroxylation is 2. The molecular formula is C15H21N5O2. The third kappa shape index (κ3) is 2.76. The van der Waals surface area contributed by atoms with Gasteiger partial charge in [0.2, 0.25) is 0 Å². The lowest BCUT2D eigenvalue weighted by molar-refractivity contribution is 0.0549. The van der Waals surface area contributed by atoms with Crippen molar-refractivity contribution in [1.82, 2.24) is 25.1 Å². The van der Waals surface area contributed by atoms with E-state index in [1.807, 2.05) is 13.8 Å². The highest BCUT2D eigenvalue weighted by Crippen LogP contribution is 2.29. The SMILES string of the molecule is Cc1nc([C@@H]2CCO[C@@H]2CN(C)C(=O)c2cc[nH]c2C)n[nH]1. The molecule has 3 heterocycles. The number of hydrogen-bond acceptors (Lipinski definition) is 4. The third-order valence-corrected chi connectivity index (χ3v) is 4.14. The van der Waals surface area contributed by atoms with Gasteiger partial charge in [-0.1, -0.05) is 0 Å². The van der Waals surface area contributed by atoms with Crippen molar-refractivity contribution in [2.45, 2.75) is 32.3 Å². The summed E-state index contributed by atoms with van der Waals surface area (Å²) < 4.78 is 5.80. The van der Waals surface area contributed by atoms with Gasteiger partial charge in [-0.2, -0.15) is 5.10 Å². The Morgan fingerprint density at radius 2 is 2.32 bits per heavy atom. The molecule has 7 nitrogen and oxygen atoms in total. The number of H-pyrrole nitrogens is 2. The van der Waals surface area contributed by atoms with Crippen molar-refractivity contribution in [2.75, 3.05) is 20.2 Å². The summed E-state index contributed by atoms with van der Waals surface area (Å²) in [4.78, 5) is 21.6. The number of ether oxygens (including phenoxy) is 1. The van der Waals surface area contributed by atoms with Crippen LogP contribution in [0.15, 0.2) is 12.3 Å². The zero-order valence-electron chi connectivity index (χ0n) is 13.1. The van der Waals surface area contributed by atoms with Crippen molar-refractivity contribution >= 4 is 5.91 Å². The molecule has 0 aromatic carbocycles. The van der Waals surface area contributed by atoms with E-state index < -0.39 is 0 Å². The van der Waals surface area contributed by atoms with Gasteiger partial charge in [0, 0.05) is 32.1 Å². The second-order valence-electron chi connectivity index (χ2n) is 5.79. The van der Waals surface area contributed by atoms with Crippen LogP contribution in [0.5, 0.6) is 0 Å². The van der Waals surface area contributed by atoms with E-state index in [9.17, 15) is 4.79 Å². The lowest BCUT2D eigenvalue weighted by Crippen LogP contribution is -2.36. The molecule has 0 spiro atoms. The number of nitrogens with one attached hydrogen (secondary N) is 2. The first-order valence-electron chi connectivity index (χ1n) is 7.46. The summed E-state index contributed by atoms with van der Waals surface area (Å²) in [5.74, 6) is 1.71. The van der Waals surface area contributed by atoms with Gasteiger partial charge in [-0.25, -0.2) is 4.98 Å². The maximum atomic E-state index is 12.5. The number of hydrogen-bond donors (Lipinski definition) is 2. The van der Waals surface area contributed by atoms with Crippen LogP contribution in [0.2, 0.25) is 0 Å². The molecule has 0 aliphatic carbocycles. The number of aromatic amines is 2. The highest BCUT2D eigenvalue weighted by molar-refractivity contribution is 5.95. The Morgan fingerprint density at radius 1 is 1.50 bits per heavy atom. The van der Waals surface area contributed by atoms with E-state index in [0.717, 1.165) is 23.8 Å². The van der Waals surface area contributed by atoms with Crippen molar-refractivity contribution in [2.24, 2.45) is 0 Å². The topological polar surface area (TPSA) is 86.9 Å². The molecule has 1 fully saturated rings. The van der Waals surface area contributed by atoms with Crippen molar-refractivity contribution in [3.63, 3.8) is 0 Å². The Balaban J connectivity index is 1.69. The summed E-state index contributed by atoms with van der Waals surface area (Å²) in [7, 11) is 1.80. The van der Waals surface area contributed by atoms with Gasteiger partial charge in [-0.15, -0.1) is 0 Å². The fourth-order valence-corrected chi connectivity index (χ4v) is 2.89. The van der Waals surface area contributed by atoms with E-state index in [-0.39, 0.29) is 17.9 Å². The normalized spacial score (nSPS) is 21.2. The molecule has 0 radical (unpaired) electrons. The fourth-order valence-electron chi connectivity index (χ4n) is 2.89. The third-order valence-electron chi connectivity index (χ3n) is 4.14. The number of aromatic nitrogens is 4. The van der Waals surface area contributed by atoms with Gasteiger partial charge in [0.1, 0.15) is 5.82 Å². The number of likely N-dealkylation sites (N-methyl/N-ethyl adjacent to an activating group) is 1. The molecule has 0 unspecified atom stereocenters. The largest absolute Gasteiger partial charge is 0.376 e. The van der Waals surface area contributed by atoms with Gasteiger partial charge in [0.15, 0.2) is 5.82 Å². The van der Waals surface area contributed by atoms with Gasteiger partial charge in [0.05, 0.1) is 17.6 Å². The molecule has 1 saturated heterocycles. The molecule has 2 aromatic rings. The number of carbonyl (C=O) groups is 1. The molecule has 0 bridgehead atoms. The average molecular weight is 303 g/mol. The Hall–Kier alpha value is -2.15. The fraction of sp³-hybridized carbons (Fsp3) is 0.533. The summed E-state index contributed by atoms with van der Waals surface area (Å²) in [6.07, 6.45) is 2.60. The van der Waals surface area contributed by atoms with Crippen LogP contribution in [0.4, 0.5) is 0 Å². The summed E-state index contributed by atoms with van der Waals surface area (Å²) >= 11 is 0. The molecule has 1 aliphatic heterocycles. The lowest BCUT2D eigenvalue weighted by Gasteiger charge is -2.23. The number of nitrogens with zero attached hydrogens (tertiary/aromatic N) is 3. The Labute approximate surface area is 129 Å². The van der Waals surface area contributed by atoms with Crippen LogP contribution in [0.3, 0.4) is 0 Å². The summed E-state index contributed by atoms with van der Waals surface area (Å²) in [5.41, 5.74) is 1.58. The molecule has 118 valence electrons. The van der Waals surface area contributed by atoms with E-state index in [0.29, 0.717) is 18.7 Å². The van der Waals surface area contributed by atoms with Gasteiger partial charge in [-0.05, 0) is 26.3 Å². The van der Waals surface area contributed by atoms with Gasteiger partial charge < -0.3 is 14.6 Å². The van der Waals surface area contributed by atoms with Crippen LogP contribution in [0.25, 0.3) is 0 Å². The van der Waals surface area contributed by atoms with Crippen LogP contribution in [0.1, 0.15) is 40.0 Å². The van der Waals surface area contributed by atoms with E-state index in [2.05, 4.69) is 20.2 Å². The first kappa shape index (κ1) is 14.8. The molecule has 22 heavy (non-hydrogen) atoms. The number of carbonyl (C=O) groups excluding carboxylic acids is 1. The molecule has 1 amide bonds. The van der Waals surface area contributed by atoms with E-state index in [1.165, 1.54) is 0 Å². The maximum absolute atomic E-state index is 12.5. The van der Waals surface area contributed by atoms with Crippen LogP contribution in [-0.4, -0.2) is 57.3 Å². The number of amides is 1. The second kappa shape index (κ2) is 5.92. The summed E-state index contributed by atoms with van der Waals surface area (Å²) in [6.45, 7) is 4.98. The Morgan fingerprint density at radius 3 is 2.95 bits per heavy atom. The Bertz CT molecular complexity index is 662. The minimum atomic E-state index is -0.0663. The van der Waals surface area contributed by atoms with Crippen LogP contribution >= 0.6 is 0 Å². The van der Waals surface area contributed by atoms with Crippen LogP contribution in [0, 0.1) is 13.8 Å². The molecule has 7 heteroatoms. The van der Waals surface area contributed by atoms with Gasteiger partial charge >= 0.3 is 0 Å². The lowest BCUT2D eigenvalue weighted by atomic mass is 10.00. The zero-order valence-corrected chi connectivity index (χ0v) is 13.1. The standard InChI is InChI=1S/C15H21N5O2/c1-9-11(4-6-16-9)15(21)20(3)8-13-12(5-7-22-13)14-17-10(2)18-19-14/h4,6,12-13,16H,5,7-8H2,1-3H3,(H,17,18,19)/t12-,13-/m1/s1. The minimum absolute atomic E-state index is 0.000771. The molecule has 0 saturated carbocycles. The van der Waals surface area contributed by atoms with Crippen molar-refractivity contribution in [1.29, 1.82) is 0 Å². The van der Waals surface area contributed by atoms with E-state index >= 15 is 0 Å². The van der Waals surface area contributed by atoms with Crippen molar-refractivity contribution in [3.05, 3.63) is 35.2 Å². The Kier molecular flexibility index (Phi) is 3.98. The van der Waals surface area contributed by atoms with Gasteiger partial charge in [-0.3, -0.25) is 9.89 Å². The first-order valence-corrected chi connectivity index (χ1v) is 7.46. The maximum Gasteiger partial charge on any atom is 0.255 e. The van der Waals surface area contributed by atoms with Crippen molar-refractivity contribution < 1.29 is 9.53 Å². The van der Waals surface area contributed by atoms with Crippen LogP contribution < -0.4 is 0 Å². The smallest absolute Gasteiger partial charge is 0.255 e. The first-order chi connectivity index (χ1) is 10.6. The van der Waals surface area contributed by atoms with Gasteiger partial charge in [0.25, 0.3) is 5.91 Å². The highest BCUT2D eigenvalue weighted by Gasteiger charge is 2.34. The molecule has 3 rings (SSSR count). The minimum Gasteiger partial charge on any atom is -0.376 e. The number of rotatable bonds is 4. The molecule has 1 aliphatic rings. The highest BCUT2D eigenvalue weighted by atomic mass is 16.5. The predicted molar refractivity (Wildman–Crippen MR) is 80.7 cm³/mol. The quantitative estimate of drug-likeness (QED) is 0.893. The molecule has 2 N–H and O–H groups in total.